The first-order valence-electron chi connectivity index (χ1n) is 20.7. The van der Waals surface area contributed by atoms with E-state index < -0.39 is 0 Å². The average molecular weight is 770 g/mol. The Hall–Kier alpha value is -7.49. The Kier molecular flexibility index (Phi) is 9.85. The van der Waals surface area contributed by atoms with Crippen molar-refractivity contribution in [2.75, 3.05) is 0 Å². The van der Waals surface area contributed by atoms with E-state index >= 15 is 0 Å². The molecule has 1 unspecified atom stereocenters. The molecule has 0 spiro atoms. The predicted molar refractivity (Wildman–Crippen MR) is 249 cm³/mol. The first-order chi connectivity index (χ1) is 29.6. The Balaban J connectivity index is 1.02. The molecule has 3 heteroatoms. The van der Waals surface area contributed by atoms with Crippen LogP contribution >= 0.6 is 0 Å². The monoisotopic (exact) mass is 769 g/mol. The highest BCUT2D eigenvalue weighted by Crippen LogP contribution is 2.46. The summed E-state index contributed by atoms with van der Waals surface area (Å²) in [4.78, 5) is 15.2. The van der Waals surface area contributed by atoms with Crippen LogP contribution < -0.4 is 0 Å². The molecular formula is C57H43N3. The van der Waals surface area contributed by atoms with Crippen LogP contribution in [0.3, 0.4) is 0 Å². The largest absolute Gasteiger partial charge is 0.208 e. The van der Waals surface area contributed by atoms with Gasteiger partial charge in [-0.05, 0) is 105 Å². The third kappa shape index (κ3) is 7.27. The van der Waals surface area contributed by atoms with E-state index in [0.29, 0.717) is 17.5 Å². The van der Waals surface area contributed by atoms with Crippen molar-refractivity contribution in [1.82, 2.24) is 15.0 Å². The van der Waals surface area contributed by atoms with Crippen LogP contribution in [0.5, 0.6) is 0 Å². The van der Waals surface area contributed by atoms with Gasteiger partial charge in [-0.1, -0.05) is 194 Å². The molecule has 10 rings (SSSR count). The number of hydrogen-bond donors (Lipinski definition) is 0. The zero-order chi connectivity index (χ0) is 40.4. The van der Waals surface area contributed by atoms with Gasteiger partial charge in [0.2, 0.25) is 0 Å². The fraction of sp³-hybridized carbons (Fsp3) is 0.0702. The lowest BCUT2D eigenvalue weighted by Crippen LogP contribution is -2.13. The van der Waals surface area contributed by atoms with Crippen molar-refractivity contribution in [2.24, 2.45) is 0 Å². The molecule has 1 aromatic heterocycles. The molecule has 1 atom stereocenters. The lowest BCUT2D eigenvalue weighted by Gasteiger charge is -2.30. The van der Waals surface area contributed by atoms with Crippen LogP contribution in [-0.4, -0.2) is 15.0 Å². The van der Waals surface area contributed by atoms with Crippen LogP contribution in [0.1, 0.15) is 46.2 Å². The minimum atomic E-state index is 0.169. The van der Waals surface area contributed by atoms with E-state index in [-0.39, 0.29) is 5.92 Å². The maximum atomic E-state index is 5.13. The molecule has 0 saturated heterocycles. The highest BCUT2D eigenvalue weighted by Gasteiger charge is 2.28. The molecule has 0 bridgehead atoms. The Labute approximate surface area is 352 Å². The Morgan fingerprint density at radius 2 is 0.983 bits per heavy atom. The first kappa shape index (κ1) is 36.8. The standard InChI is InChI=1S/C57H43N3/c1-38(33-40-17-6-3-7-18-40)48-25-12-13-26-49(48)52-37-54-47(34-39(52)2)36-53(50-27-14-15-28-51(50)54)45-23-16-24-46(35-45)57-59-55(43-21-10-5-11-22-43)58-56(60-57)44-31-29-42(30-32-44)41-19-8-4-9-20-41/h3-35,37,53H,36H2,1-2H3/b38-33-. The predicted octanol–water partition coefficient (Wildman–Crippen LogP) is 14.4. The molecule has 0 amide bonds. The molecule has 1 aliphatic carbocycles. The van der Waals surface area contributed by atoms with Crippen molar-refractivity contribution in [3.63, 3.8) is 0 Å². The van der Waals surface area contributed by atoms with E-state index in [0.717, 1.165) is 28.7 Å². The minimum Gasteiger partial charge on any atom is -0.208 e. The van der Waals surface area contributed by atoms with Gasteiger partial charge in [-0.15, -0.1) is 0 Å². The van der Waals surface area contributed by atoms with E-state index in [2.05, 4.69) is 196 Å². The van der Waals surface area contributed by atoms with E-state index in [1.165, 1.54) is 66.8 Å². The second-order valence-electron chi connectivity index (χ2n) is 15.7. The second-order valence-corrected chi connectivity index (χ2v) is 15.7. The summed E-state index contributed by atoms with van der Waals surface area (Å²) in [6.45, 7) is 4.48. The molecule has 0 saturated carbocycles. The van der Waals surface area contributed by atoms with Crippen molar-refractivity contribution < 1.29 is 0 Å². The van der Waals surface area contributed by atoms with Crippen molar-refractivity contribution >= 4 is 11.6 Å². The third-order valence-electron chi connectivity index (χ3n) is 11.8. The Morgan fingerprint density at radius 3 is 1.70 bits per heavy atom. The van der Waals surface area contributed by atoms with Gasteiger partial charge in [0, 0.05) is 22.6 Å². The normalized spacial score (nSPS) is 13.4. The number of nitrogens with zero attached hydrogens (tertiary/aromatic N) is 3. The van der Waals surface area contributed by atoms with E-state index in [1.807, 2.05) is 24.3 Å². The van der Waals surface area contributed by atoms with E-state index in [9.17, 15) is 0 Å². The molecule has 0 aliphatic heterocycles. The molecule has 286 valence electrons. The maximum absolute atomic E-state index is 5.13. The van der Waals surface area contributed by atoms with Crippen LogP contribution in [0, 0.1) is 6.92 Å². The topological polar surface area (TPSA) is 38.7 Å². The maximum Gasteiger partial charge on any atom is 0.164 e. The summed E-state index contributed by atoms with van der Waals surface area (Å²) < 4.78 is 0. The molecule has 1 heterocycles. The summed E-state index contributed by atoms with van der Waals surface area (Å²) in [5.74, 6) is 2.14. The van der Waals surface area contributed by atoms with Crippen LogP contribution in [-0.2, 0) is 6.42 Å². The average Bonchev–Trinajstić information content (AvgIpc) is 3.32. The van der Waals surface area contributed by atoms with Gasteiger partial charge in [0.15, 0.2) is 17.5 Å². The van der Waals surface area contributed by atoms with Crippen LogP contribution in [0.15, 0.2) is 200 Å². The van der Waals surface area contributed by atoms with Gasteiger partial charge in [0.1, 0.15) is 0 Å². The van der Waals surface area contributed by atoms with Gasteiger partial charge in [-0.25, -0.2) is 15.0 Å². The van der Waals surface area contributed by atoms with Crippen molar-refractivity contribution in [1.29, 1.82) is 0 Å². The number of aromatic nitrogens is 3. The Morgan fingerprint density at radius 1 is 0.450 bits per heavy atom. The third-order valence-corrected chi connectivity index (χ3v) is 11.8. The van der Waals surface area contributed by atoms with Gasteiger partial charge in [0.25, 0.3) is 0 Å². The highest BCUT2D eigenvalue weighted by molar-refractivity contribution is 5.91. The van der Waals surface area contributed by atoms with Gasteiger partial charge in [-0.3, -0.25) is 0 Å². The number of fused-ring (bicyclic) bond motifs is 3. The van der Waals surface area contributed by atoms with Gasteiger partial charge < -0.3 is 0 Å². The molecular weight excluding hydrogens is 727 g/mol. The molecule has 0 radical (unpaired) electrons. The molecule has 8 aromatic carbocycles. The molecule has 0 fully saturated rings. The summed E-state index contributed by atoms with van der Waals surface area (Å²) in [6, 6.07) is 71.2. The zero-order valence-electron chi connectivity index (χ0n) is 33.8. The molecule has 60 heavy (non-hydrogen) atoms. The fourth-order valence-electron chi connectivity index (χ4n) is 8.78. The van der Waals surface area contributed by atoms with Crippen LogP contribution in [0.4, 0.5) is 0 Å². The van der Waals surface area contributed by atoms with Crippen molar-refractivity contribution in [3.05, 3.63) is 234 Å². The lowest BCUT2D eigenvalue weighted by atomic mass is 9.74. The second kappa shape index (κ2) is 16.0. The molecule has 0 N–H and O–H groups in total. The smallest absolute Gasteiger partial charge is 0.164 e. The van der Waals surface area contributed by atoms with Gasteiger partial charge in [-0.2, -0.15) is 0 Å². The van der Waals surface area contributed by atoms with Crippen LogP contribution in [0.2, 0.25) is 0 Å². The van der Waals surface area contributed by atoms with Crippen molar-refractivity contribution in [3.8, 4) is 67.5 Å². The number of hydrogen-bond acceptors (Lipinski definition) is 3. The van der Waals surface area contributed by atoms with E-state index in [4.69, 9.17) is 15.0 Å². The highest BCUT2D eigenvalue weighted by atomic mass is 15.0. The zero-order valence-corrected chi connectivity index (χ0v) is 33.8. The summed E-state index contributed by atoms with van der Waals surface area (Å²) in [7, 11) is 0. The summed E-state index contributed by atoms with van der Waals surface area (Å²) >= 11 is 0. The fourth-order valence-corrected chi connectivity index (χ4v) is 8.78. The number of allylic oxidation sites excluding steroid dienone is 1. The number of benzene rings is 8. The Bertz CT molecular complexity index is 3000. The van der Waals surface area contributed by atoms with Crippen LogP contribution in [0.25, 0.3) is 79.2 Å². The lowest BCUT2D eigenvalue weighted by molar-refractivity contribution is 0.793. The number of aryl methyl sites for hydroxylation is 1. The summed E-state index contributed by atoms with van der Waals surface area (Å²) in [6.07, 6.45) is 3.18. The molecule has 1 aliphatic rings. The first-order valence-corrected chi connectivity index (χ1v) is 20.7. The minimum absolute atomic E-state index is 0.169. The van der Waals surface area contributed by atoms with Gasteiger partial charge >= 0.3 is 0 Å². The van der Waals surface area contributed by atoms with Gasteiger partial charge in [0.05, 0.1) is 0 Å². The molecule has 9 aromatic rings. The summed E-state index contributed by atoms with van der Waals surface area (Å²) in [5.41, 5.74) is 19.3. The van der Waals surface area contributed by atoms with Crippen molar-refractivity contribution in [2.45, 2.75) is 26.2 Å². The quantitative estimate of drug-likeness (QED) is 0.145. The SMILES string of the molecule is C/C(=C/c1ccccc1)c1ccccc1-c1cc2c(cc1C)CC(c1cccc(-c3nc(-c4ccccc4)nc(-c4ccc(-c5ccccc5)cc4)n3)c1)c1ccccc1-2. The molecule has 3 nitrogen and oxygen atoms in total. The van der Waals surface area contributed by atoms with E-state index in [1.54, 1.807) is 0 Å². The summed E-state index contributed by atoms with van der Waals surface area (Å²) in [5, 5.41) is 0. The number of rotatable bonds is 8.